The maximum absolute atomic E-state index is 12.2. The van der Waals surface area contributed by atoms with Crippen LogP contribution in [0.4, 0.5) is 5.82 Å². The van der Waals surface area contributed by atoms with Crippen molar-refractivity contribution < 1.29 is 4.79 Å². The van der Waals surface area contributed by atoms with E-state index in [1.165, 1.54) is 0 Å². The fourth-order valence-electron chi connectivity index (χ4n) is 1.81. The number of hydrogen-bond donors (Lipinski definition) is 2. The van der Waals surface area contributed by atoms with E-state index < -0.39 is 0 Å². The minimum atomic E-state index is -0.123. The molecule has 0 aliphatic heterocycles. The number of nitrogens with one attached hydrogen (secondary N) is 1. The van der Waals surface area contributed by atoms with Crippen molar-refractivity contribution in [2.24, 2.45) is 0 Å². The Morgan fingerprint density at radius 2 is 2.32 bits per heavy atom. The van der Waals surface area contributed by atoms with Crippen molar-refractivity contribution >= 4 is 23.1 Å². The van der Waals surface area contributed by atoms with Crippen LogP contribution in [0.2, 0.25) is 0 Å². The molecule has 0 fully saturated rings. The number of hydrogen-bond acceptors (Lipinski definition) is 4. The number of thiophene rings is 1. The normalized spacial score (nSPS) is 12.1. The van der Waals surface area contributed by atoms with E-state index in [1.54, 1.807) is 23.5 Å². The average Bonchev–Trinajstić information content (AvgIpc) is 2.91. The highest BCUT2D eigenvalue weighted by molar-refractivity contribution is 7.07. The monoisotopic (exact) mass is 275 g/mol. The molecule has 100 valence electrons. The predicted octanol–water partition coefficient (Wildman–Crippen LogP) is 2.78. The Bertz CT molecular complexity index is 566. The third-order valence-electron chi connectivity index (χ3n) is 2.91. The van der Waals surface area contributed by atoms with Gasteiger partial charge in [0.2, 0.25) is 0 Å². The van der Waals surface area contributed by atoms with E-state index >= 15 is 0 Å². The number of rotatable bonds is 4. The lowest BCUT2D eigenvalue weighted by molar-refractivity contribution is 0.0940. The standard InChI is InChI=1S/C14H17N3OS/c1-3-12-6-11(7-13(15)17-12)14(18)16-9(2)10-4-5-19-8-10/h4-9H,3H2,1-2H3,(H2,15,17)(H,16,18). The molecule has 19 heavy (non-hydrogen) atoms. The number of nitrogen functional groups attached to an aromatic ring is 1. The molecule has 1 amide bonds. The molecule has 5 heteroatoms. The summed E-state index contributed by atoms with van der Waals surface area (Å²) in [5.74, 6) is 0.259. The zero-order valence-corrected chi connectivity index (χ0v) is 11.8. The molecule has 0 aliphatic rings. The molecule has 4 nitrogen and oxygen atoms in total. The Kier molecular flexibility index (Phi) is 4.16. The molecule has 2 rings (SSSR count). The smallest absolute Gasteiger partial charge is 0.251 e. The number of aromatic nitrogens is 1. The van der Waals surface area contributed by atoms with Crippen LogP contribution in [-0.4, -0.2) is 10.9 Å². The first kappa shape index (κ1) is 13.5. The maximum Gasteiger partial charge on any atom is 0.251 e. The van der Waals surface area contributed by atoms with Crippen LogP contribution in [0.5, 0.6) is 0 Å². The van der Waals surface area contributed by atoms with Crippen molar-refractivity contribution in [1.29, 1.82) is 0 Å². The van der Waals surface area contributed by atoms with Gasteiger partial charge in [-0.05, 0) is 47.9 Å². The summed E-state index contributed by atoms with van der Waals surface area (Å²) in [5, 5.41) is 6.99. The van der Waals surface area contributed by atoms with Crippen LogP contribution in [0.25, 0.3) is 0 Å². The summed E-state index contributed by atoms with van der Waals surface area (Å²) >= 11 is 1.62. The van der Waals surface area contributed by atoms with E-state index in [4.69, 9.17) is 5.73 Å². The molecular formula is C14H17N3OS. The SMILES string of the molecule is CCc1cc(C(=O)NC(C)c2ccsc2)cc(N)n1. The summed E-state index contributed by atoms with van der Waals surface area (Å²) in [4.78, 5) is 16.3. The van der Waals surface area contributed by atoms with Crippen molar-refractivity contribution in [1.82, 2.24) is 10.3 Å². The van der Waals surface area contributed by atoms with Gasteiger partial charge in [-0.2, -0.15) is 11.3 Å². The summed E-state index contributed by atoms with van der Waals surface area (Å²) < 4.78 is 0. The van der Waals surface area contributed by atoms with Gasteiger partial charge in [-0.25, -0.2) is 4.98 Å². The molecule has 0 aromatic carbocycles. The Hall–Kier alpha value is -1.88. The third-order valence-corrected chi connectivity index (χ3v) is 3.61. The van der Waals surface area contributed by atoms with Gasteiger partial charge in [0.25, 0.3) is 5.91 Å². The van der Waals surface area contributed by atoms with E-state index in [0.717, 1.165) is 17.7 Å². The lowest BCUT2D eigenvalue weighted by Crippen LogP contribution is -2.26. The van der Waals surface area contributed by atoms with Gasteiger partial charge < -0.3 is 11.1 Å². The zero-order chi connectivity index (χ0) is 13.8. The summed E-state index contributed by atoms with van der Waals surface area (Å²) in [6.07, 6.45) is 0.755. The molecule has 0 aliphatic carbocycles. The van der Waals surface area contributed by atoms with Gasteiger partial charge in [-0.3, -0.25) is 4.79 Å². The van der Waals surface area contributed by atoms with Crippen LogP contribution < -0.4 is 11.1 Å². The first-order valence-electron chi connectivity index (χ1n) is 6.19. The van der Waals surface area contributed by atoms with Crippen molar-refractivity contribution in [3.05, 3.63) is 45.8 Å². The van der Waals surface area contributed by atoms with Crippen LogP contribution in [0, 0.1) is 0 Å². The number of nitrogens with zero attached hydrogens (tertiary/aromatic N) is 1. The van der Waals surface area contributed by atoms with Crippen LogP contribution in [0.1, 0.15) is 41.5 Å². The number of carbonyl (C=O) groups is 1. The second kappa shape index (κ2) is 5.84. The molecule has 1 atom stereocenters. The number of aryl methyl sites for hydroxylation is 1. The third kappa shape index (κ3) is 3.32. The summed E-state index contributed by atoms with van der Waals surface area (Å²) in [6.45, 7) is 3.95. The Morgan fingerprint density at radius 3 is 2.95 bits per heavy atom. The van der Waals surface area contributed by atoms with Crippen molar-refractivity contribution in [3.8, 4) is 0 Å². The Morgan fingerprint density at radius 1 is 1.53 bits per heavy atom. The maximum atomic E-state index is 12.2. The topological polar surface area (TPSA) is 68.0 Å². The van der Waals surface area contributed by atoms with E-state index in [9.17, 15) is 4.79 Å². The van der Waals surface area contributed by atoms with Gasteiger partial charge >= 0.3 is 0 Å². The molecule has 0 radical (unpaired) electrons. The number of amides is 1. The molecule has 0 spiro atoms. The predicted molar refractivity (Wildman–Crippen MR) is 78.2 cm³/mol. The largest absolute Gasteiger partial charge is 0.384 e. The van der Waals surface area contributed by atoms with Gasteiger partial charge in [0.15, 0.2) is 0 Å². The second-order valence-electron chi connectivity index (χ2n) is 4.38. The summed E-state index contributed by atoms with van der Waals surface area (Å²) in [6, 6.07) is 5.38. The molecule has 2 aromatic rings. The van der Waals surface area contributed by atoms with Crippen LogP contribution in [0.3, 0.4) is 0 Å². The van der Waals surface area contributed by atoms with Crippen molar-refractivity contribution in [2.75, 3.05) is 5.73 Å². The molecular weight excluding hydrogens is 258 g/mol. The lowest BCUT2D eigenvalue weighted by Gasteiger charge is -2.13. The Labute approximate surface area is 116 Å². The van der Waals surface area contributed by atoms with Gasteiger partial charge in [-0.1, -0.05) is 6.92 Å². The summed E-state index contributed by atoms with van der Waals surface area (Å²) in [7, 11) is 0. The number of carbonyl (C=O) groups excluding carboxylic acids is 1. The molecule has 3 N–H and O–H groups in total. The highest BCUT2D eigenvalue weighted by atomic mass is 32.1. The quantitative estimate of drug-likeness (QED) is 0.901. The lowest BCUT2D eigenvalue weighted by atomic mass is 10.1. The molecule has 0 bridgehead atoms. The minimum Gasteiger partial charge on any atom is -0.384 e. The van der Waals surface area contributed by atoms with Crippen molar-refractivity contribution in [3.63, 3.8) is 0 Å². The first-order valence-corrected chi connectivity index (χ1v) is 7.13. The highest BCUT2D eigenvalue weighted by Crippen LogP contribution is 2.17. The van der Waals surface area contributed by atoms with E-state index in [1.807, 2.05) is 30.7 Å². The van der Waals surface area contributed by atoms with E-state index in [-0.39, 0.29) is 11.9 Å². The molecule has 1 unspecified atom stereocenters. The van der Waals surface area contributed by atoms with Crippen LogP contribution in [0.15, 0.2) is 29.0 Å². The molecule has 2 aromatic heterocycles. The Balaban J connectivity index is 2.13. The molecule has 0 saturated carbocycles. The number of pyridine rings is 1. The zero-order valence-electron chi connectivity index (χ0n) is 11.0. The van der Waals surface area contributed by atoms with Gasteiger partial charge in [0.1, 0.15) is 5.82 Å². The highest BCUT2D eigenvalue weighted by Gasteiger charge is 2.13. The first-order chi connectivity index (χ1) is 9.10. The number of nitrogens with two attached hydrogens (primary N) is 1. The fraction of sp³-hybridized carbons (Fsp3) is 0.286. The van der Waals surface area contributed by atoms with Crippen molar-refractivity contribution in [2.45, 2.75) is 26.3 Å². The van der Waals surface area contributed by atoms with Gasteiger partial charge in [-0.15, -0.1) is 0 Å². The summed E-state index contributed by atoms with van der Waals surface area (Å²) in [5.41, 5.74) is 8.20. The second-order valence-corrected chi connectivity index (χ2v) is 5.16. The number of anilines is 1. The van der Waals surface area contributed by atoms with E-state index in [2.05, 4.69) is 10.3 Å². The fourth-order valence-corrected chi connectivity index (χ4v) is 2.56. The van der Waals surface area contributed by atoms with Crippen LogP contribution in [-0.2, 0) is 6.42 Å². The van der Waals surface area contributed by atoms with Gasteiger partial charge in [0, 0.05) is 11.3 Å². The van der Waals surface area contributed by atoms with Gasteiger partial charge in [0.05, 0.1) is 6.04 Å². The molecule has 0 saturated heterocycles. The van der Waals surface area contributed by atoms with E-state index in [0.29, 0.717) is 11.4 Å². The molecule has 2 heterocycles. The van der Waals surface area contributed by atoms with Crippen LogP contribution >= 0.6 is 11.3 Å². The minimum absolute atomic E-state index is 0.0155. The average molecular weight is 275 g/mol.